The van der Waals surface area contributed by atoms with Crippen LogP contribution in [0.2, 0.25) is 0 Å². The van der Waals surface area contributed by atoms with E-state index >= 15 is 0 Å². The first-order valence-electron chi connectivity index (χ1n) is 7.02. The van der Waals surface area contributed by atoms with Crippen LogP contribution in [-0.2, 0) is 6.18 Å². The first kappa shape index (κ1) is 15.3. The van der Waals surface area contributed by atoms with Gasteiger partial charge in [0.05, 0.1) is 17.1 Å². The minimum absolute atomic E-state index is 0.253. The zero-order chi connectivity index (χ0) is 16.6. The van der Waals surface area contributed by atoms with Crippen molar-refractivity contribution in [2.75, 3.05) is 0 Å². The number of rotatable bonds is 2. The highest BCUT2D eigenvalue weighted by Gasteiger charge is 2.36. The van der Waals surface area contributed by atoms with E-state index in [-0.39, 0.29) is 11.4 Å². The van der Waals surface area contributed by atoms with Crippen LogP contribution in [0.5, 0.6) is 0 Å². The number of aromatic nitrogens is 3. The molecule has 0 fully saturated rings. The fourth-order valence-corrected chi connectivity index (χ4v) is 2.52. The predicted molar refractivity (Wildman–Crippen MR) is 81.7 cm³/mol. The number of aryl methyl sites for hydroxylation is 2. The number of pyridine rings is 1. The lowest BCUT2D eigenvalue weighted by atomic mass is 10.0. The fourth-order valence-electron chi connectivity index (χ4n) is 2.52. The average molecular weight is 317 g/mol. The third-order valence-electron chi connectivity index (χ3n) is 3.39. The molecule has 0 aliphatic carbocycles. The van der Waals surface area contributed by atoms with Gasteiger partial charge >= 0.3 is 6.18 Å². The zero-order valence-corrected chi connectivity index (χ0v) is 12.6. The highest BCUT2D eigenvalue weighted by Crippen LogP contribution is 2.35. The van der Waals surface area contributed by atoms with Crippen molar-refractivity contribution in [3.8, 4) is 22.6 Å². The maximum atomic E-state index is 13.1. The van der Waals surface area contributed by atoms with Gasteiger partial charge in [0.1, 0.15) is 0 Å². The molecule has 3 rings (SSSR count). The fraction of sp³-hybridized carbons (Fsp3) is 0.176. The Morgan fingerprint density at radius 3 is 2.26 bits per heavy atom. The van der Waals surface area contributed by atoms with Gasteiger partial charge in [-0.25, -0.2) is 4.98 Å². The van der Waals surface area contributed by atoms with Crippen LogP contribution >= 0.6 is 0 Å². The van der Waals surface area contributed by atoms with E-state index in [0.29, 0.717) is 11.3 Å². The normalized spacial score (nSPS) is 11.7. The summed E-state index contributed by atoms with van der Waals surface area (Å²) in [5.41, 5.74) is 3.50. The van der Waals surface area contributed by atoms with Crippen LogP contribution in [0.25, 0.3) is 22.6 Å². The monoisotopic (exact) mass is 317 g/mol. The molecule has 6 heteroatoms. The van der Waals surface area contributed by atoms with Crippen LogP contribution < -0.4 is 0 Å². The van der Waals surface area contributed by atoms with Gasteiger partial charge in [0.15, 0.2) is 0 Å². The summed E-state index contributed by atoms with van der Waals surface area (Å²) in [4.78, 5) is 10.3. The van der Waals surface area contributed by atoms with E-state index in [4.69, 9.17) is 0 Å². The number of alkyl halides is 3. The number of aromatic amines is 1. The molecule has 118 valence electrons. The number of hydrogen-bond acceptors (Lipinski definition) is 2. The first-order valence-corrected chi connectivity index (χ1v) is 7.02. The Hall–Kier alpha value is -2.63. The summed E-state index contributed by atoms with van der Waals surface area (Å²) in [7, 11) is 0. The standard InChI is InChI=1S/C17H14F3N3/c1-10-7-11(2)9-12(8-10)14-15(13-5-3-4-6-21-13)23-16(22-14)17(18,19)20/h3-9H,1-2H3,(H,22,23). The number of hydrogen-bond donors (Lipinski definition) is 1. The number of benzene rings is 1. The smallest absolute Gasteiger partial charge is 0.333 e. The topological polar surface area (TPSA) is 41.6 Å². The van der Waals surface area contributed by atoms with Gasteiger partial charge in [-0.2, -0.15) is 13.2 Å². The molecule has 23 heavy (non-hydrogen) atoms. The molecule has 0 bridgehead atoms. The number of halogens is 3. The van der Waals surface area contributed by atoms with Crippen molar-refractivity contribution in [3.05, 3.63) is 59.5 Å². The van der Waals surface area contributed by atoms with Gasteiger partial charge in [-0.05, 0) is 38.1 Å². The van der Waals surface area contributed by atoms with Crippen molar-refractivity contribution < 1.29 is 13.2 Å². The Kier molecular flexibility index (Phi) is 3.67. The Bertz CT molecular complexity index is 816. The van der Waals surface area contributed by atoms with Crippen molar-refractivity contribution in [1.29, 1.82) is 0 Å². The van der Waals surface area contributed by atoms with E-state index in [0.717, 1.165) is 11.1 Å². The third-order valence-corrected chi connectivity index (χ3v) is 3.39. The largest absolute Gasteiger partial charge is 0.449 e. The van der Waals surface area contributed by atoms with Gasteiger partial charge in [-0.3, -0.25) is 4.98 Å². The van der Waals surface area contributed by atoms with Gasteiger partial charge in [0.2, 0.25) is 5.82 Å². The van der Waals surface area contributed by atoms with Gasteiger partial charge in [0, 0.05) is 11.8 Å². The van der Waals surface area contributed by atoms with E-state index in [1.54, 1.807) is 18.2 Å². The van der Waals surface area contributed by atoms with Crippen LogP contribution in [0.1, 0.15) is 17.0 Å². The molecule has 0 spiro atoms. The van der Waals surface area contributed by atoms with Crippen LogP contribution in [-0.4, -0.2) is 15.0 Å². The lowest BCUT2D eigenvalue weighted by Crippen LogP contribution is -2.07. The third kappa shape index (κ3) is 3.11. The molecular formula is C17H14F3N3. The summed E-state index contributed by atoms with van der Waals surface area (Å²) in [5.74, 6) is -1.02. The molecule has 0 unspecified atom stereocenters. The summed E-state index contributed by atoms with van der Waals surface area (Å²) < 4.78 is 39.2. The average Bonchev–Trinajstić information content (AvgIpc) is 2.92. The molecule has 0 saturated heterocycles. The molecule has 1 aromatic carbocycles. The molecule has 0 saturated carbocycles. The molecule has 0 aliphatic heterocycles. The van der Waals surface area contributed by atoms with Gasteiger partial charge in [-0.1, -0.05) is 23.3 Å². The first-order chi connectivity index (χ1) is 10.8. The summed E-state index contributed by atoms with van der Waals surface area (Å²) in [5, 5.41) is 0. The van der Waals surface area contributed by atoms with Crippen molar-refractivity contribution in [2.45, 2.75) is 20.0 Å². The lowest BCUT2D eigenvalue weighted by Gasteiger charge is -2.05. The second kappa shape index (κ2) is 5.53. The molecule has 0 atom stereocenters. The van der Waals surface area contributed by atoms with E-state index in [1.807, 2.05) is 32.0 Å². The highest BCUT2D eigenvalue weighted by atomic mass is 19.4. The summed E-state index contributed by atoms with van der Waals surface area (Å²) >= 11 is 0. The number of H-pyrrole nitrogens is 1. The molecule has 0 amide bonds. The minimum atomic E-state index is -4.54. The molecule has 2 aromatic heterocycles. The Morgan fingerprint density at radius 2 is 1.70 bits per heavy atom. The van der Waals surface area contributed by atoms with E-state index < -0.39 is 12.0 Å². The second-order valence-electron chi connectivity index (χ2n) is 5.40. The molecule has 3 nitrogen and oxygen atoms in total. The maximum absolute atomic E-state index is 13.1. The van der Waals surface area contributed by atoms with Crippen LogP contribution in [0, 0.1) is 13.8 Å². The Morgan fingerprint density at radius 1 is 1.00 bits per heavy atom. The van der Waals surface area contributed by atoms with Crippen molar-refractivity contribution in [1.82, 2.24) is 15.0 Å². The SMILES string of the molecule is Cc1cc(C)cc(-c2nc(C(F)(F)F)[nH]c2-c2ccccn2)c1. The number of nitrogens with zero attached hydrogens (tertiary/aromatic N) is 2. The quantitative estimate of drug-likeness (QED) is 0.739. The van der Waals surface area contributed by atoms with E-state index in [1.165, 1.54) is 6.20 Å². The van der Waals surface area contributed by atoms with Crippen LogP contribution in [0.15, 0.2) is 42.6 Å². The van der Waals surface area contributed by atoms with Crippen molar-refractivity contribution in [3.63, 3.8) is 0 Å². The van der Waals surface area contributed by atoms with Crippen LogP contribution in [0.3, 0.4) is 0 Å². The second-order valence-corrected chi connectivity index (χ2v) is 5.40. The Labute approximate surface area is 131 Å². The summed E-state index contributed by atoms with van der Waals surface area (Å²) in [6.45, 7) is 3.79. The summed E-state index contributed by atoms with van der Waals surface area (Å²) in [6, 6.07) is 10.7. The molecule has 1 N–H and O–H groups in total. The van der Waals surface area contributed by atoms with Gasteiger partial charge < -0.3 is 4.98 Å². The zero-order valence-electron chi connectivity index (χ0n) is 12.6. The van der Waals surface area contributed by atoms with Gasteiger partial charge in [0.25, 0.3) is 0 Å². The minimum Gasteiger partial charge on any atom is -0.333 e. The number of imidazole rings is 1. The van der Waals surface area contributed by atoms with E-state index in [2.05, 4.69) is 15.0 Å². The summed E-state index contributed by atoms with van der Waals surface area (Å²) in [6.07, 6.45) is -3.00. The molecular weight excluding hydrogens is 303 g/mol. The van der Waals surface area contributed by atoms with Crippen molar-refractivity contribution >= 4 is 0 Å². The number of nitrogens with one attached hydrogen (secondary N) is 1. The Balaban J connectivity index is 2.24. The van der Waals surface area contributed by atoms with Gasteiger partial charge in [-0.15, -0.1) is 0 Å². The lowest BCUT2D eigenvalue weighted by molar-refractivity contribution is -0.144. The predicted octanol–water partition coefficient (Wildman–Crippen LogP) is 4.77. The molecule has 3 aromatic rings. The maximum Gasteiger partial charge on any atom is 0.449 e. The van der Waals surface area contributed by atoms with Crippen LogP contribution in [0.4, 0.5) is 13.2 Å². The highest BCUT2D eigenvalue weighted by molar-refractivity contribution is 5.77. The van der Waals surface area contributed by atoms with Crippen molar-refractivity contribution in [2.24, 2.45) is 0 Å². The van der Waals surface area contributed by atoms with E-state index in [9.17, 15) is 13.2 Å². The molecule has 0 radical (unpaired) electrons. The molecule has 0 aliphatic rings. The molecule has 2 heterocycles.